The number of aromatic nitrogens is 3. The number of nitro benzene ring substituents is 1. The van der Waals surface area contributed by atoms with Gasteiger partial charge in [-0.05, 0) is 19.1 Å². The molecule has 0 radical (unpaired) electrons. The second-order valence-electron chi connectivity index (χ2n) is 4.75. The second-order valence-corrected chi connectivity index (χ2v) is 5.79. The maximum Gasteiger partial charge on any atom is 0.277 e. The summed E-state index contributed by atoms with van der Waals surface area (Å²) in [6, 6.07) is 6.88. The molecule has 0 fully saturated rings. The van der Waals surface area contributed by atoms with Gasteiger partial charge in [-0.25, -0.2) is 9.67 Å². The maximum atomic E-state index is 12.2. The standard InChI is InChI=1S/C14H11N5O4S/c1-2-18-12(20)6-5-10(17-18)13(21)16-14-15-9-4-3-8(19(22)23)7-11(9)24-14/h3-7H,2H2,1H3,(H,15,16,21). The summed E-state index contributed by atoms with van der Waals surface area (Å²) in [6.45, 7) is 2.10. The Labute approximate surface area is 138 Å². The molecule has 0 saturated heterocycles. The van der Waals surface area contributed by atoms with Crippen molar-refractivity contribution in [2.24, 2.45) is 0 Å². The summed E-state index contributed by atoms with van der Waals surface area (Å²) in [4.78, 5) is 38.2. The molecule has 0 atom stereocenters. The Balaban J connectivity index is 1.87. The predicted octanol–water partition coefficient (Wildman–Crippen LogP) is 2.03. The van der Waals surface area contributed by atoms with Crippen molar-refractivity contribution in [2.45, 2.75) is 13.5 Å². The van der Waals surface area contributed by atoms with Gasteiger partial charge in [0.2, 0.25) is 0 Å². The summed E-state index contributed by atoms with van der Waals surface area (Å²) in [5, 5.41) is 17.6. The molecule has 0 aliphatic carbocycles. The zero-order valence-electron chi connectivity index (χ0n) is 12.4. The maximum absolute atomic E-state index is 12.2. The van der Waals surface area contributed by atoms with Crippen LogP contribution in [0.5, 0.6) is 0 Å². The van der Waals surface area contributed by atoms with Crippen molar-refractivity contribution in [3.05, 3.63) is 56.5 Å². The highest BCUT2D eigenvalue weighted by Crippen LogP contribution is 2.29. The van der Waals surface area contributed by atoms with Gasteiger partial charge in [0.25, 0.3) is 17.2 Å². The van der Waals surface area contributed by atoms with Gasteiger partial charge in [0.15, 0.2) is 5.13 Å². The third kappa shape index (κ3) is 2.99. The summed E-state index contributed by atoms with van der Waals surface area (Å²) < 4.78 is 1.77. The number of nitrogens with one attached hydrogen (secondary N) is 1. The van der Waals surface area contributed by atoms with Crippen LogP contribution in [0.4, 0.5) is 10.8 Å². The second kappa shape index (κ2) is 6.16. The molecule has 24 heavy (non-hydrogen) atoms. The number of aryl methyl sites for hydroxylation is 1. The molecule has 0 unspecified atom stereocenters. The first-order valence-corrected chi connectivity index (χ1v) is 7.74. The number of hydrogen-bond acceptors (Lipinski definition) is 7. The van der Waals surface area contributed by atoms with Gasteiger partial charge in [0.1, 0.15) is 5.69 Å². The van der Waals surface area contributed by atoms with Crippen LogP contribution in [0.25, 0.3) is 10.2 Å². The topological polar surface area (TPSA) is 120 Å². The van der Waals surface area contributed by atoms with Gasteiger partial charge in [-0.2, -0.15) is 5.10 Å². The Kier molecular flexibility index (Phi) is 4.04. The monoisotopic (exact) mass is 345 g/mol. The fourth-order valence-corrected chi connectivity index (χ4v) is 2.93. The zero-order valence-corrected chi connectivity index (χ0v) is 13.2. The van der Waals surface area contributed by atoms with Gasteiger partial charge in [0.05, 0.1) is 15.1 Å². The molecule has 0 aliphatic rings. The molecule has 0 bridgehead atoms. The van der Waals surface area contributed by atoms with Crippen LogP contribution >= 0.6 is 11.3 Å². The first-order chi connectivity index (χ1) is 11.5. The lowest BCUT2D eigenvalue weighted by Gasteiger charge is -2.03. The lowest BCUT2D eigenvalue weighted by Crippen LogP contribution is -2.25. The number of rotatable bonds is 4. The SMILES string of the molecule is CCn1nc(C(=O)Nc2nc3ccc([N+](=O)[O-])cc3s2)ccc1=O. The van der Waals surface area contributed by atoms with E-state index in [0.29, 0.717) is 21.9 Å². The van der Waals surface area contributed by atoms with Gasteiger partial charge >= 0.3 is 0 Å². The fourth-order valence-electron chi connectivity index (χ4n) is 2.04. The lowest BCUT2D eigenvalue weighted by atomic mass is 10.3. The summed E-state index contributed by atoms with van der Waals surface area (Å²) in [5.74, 6) is -0.509. The summed E-state index contributed by atoms with van der Waals surface area (Å²) in [5.41, 5.74) is 0.302. The average molecular weight is 345 g/mol. The van der Waals surface area contributed by atoms with Crippen LogP contribution in [0, 0.1) is 10.1 Å². The minimum absolute atomic E-state index is 0.0410. The molecular formula is C14H11N5O4S. The quantitative estimate of drug-likeness (QED) is 0.570. The Hall–Kier alpha value is -3.14. The number of hydrogen-bond donors (Lipinski definition) is 1. The van der Waals surface area contributed by atoms with Crippen LogP contribution < -0.4 is 10.9 Å². The Morgan fingerprint density at radius 3 is 2.88 bits per heavy atom. The minimum Gasteiger partial charge on any atom is -0.296 e. The number of nitro groups is 1. The zero-order chi connectivity index (χ0) is 17.3. The van der Waals surface area contributed by atoms with Crippen molar-refractivity contribution in [1.82, 2.24) is 14.8 Å². The van der Waals surface area contributed by atoms with Gasteiger partial charge in [-0.1, -0.05) is 11.3 Å². The van der Waals surface area contributed by atoms with E-state index in [0.717, 1.165) is 11.3 Å². The number of amides is 1. The van der Waals surface area contributed by atoms with E-state index in [1.807, 2.05) is 0 Å². The van der Waals surface area contributed by atoms with E-state index in [2.05, 4.69) is 15.4 Å². The minimum atomic E-state index is -0.509. The van der Waals surface area contributed by atoms with Crippen LogP contribution in [-0.2, 0) is 6.54 Å². The lowest BCUT2D eigenvalue weighted by molar-refractivity contribution is -0.384. The molecule has 0 saturated carbocycles. The van der Waals surface area contributed by atoms with Gasteiger partial charge in [0, 0.05) is 24.7 Å². The number of fused-ring (bicyclic) bond motifs is 1. The Morgan fingerprint density at radius 2 is 2.17 bits per heavy atom. The van der Waals surface area contributed by atoms with E-state index in [9.17, 15) is 19.7 Å². The van der Waals surface area contributed by atoms with Crippen LogP contribution in [-0.4, -0.2) is 25.6 Å². The number of thiazole rings is 1. The van der Waals surface area contributed by atoms with E-state index in [4.69, 9.17) is 0 Å². The van der Waals surface area contributed by atoms with Gasteiger partial charge in [-0.15, -0.1) is 0 Å². The largest absolute Gasteiger partial charge is 0.296 e. The van der Waals surface area contributed by atoms with Crippen LogP contribution in [0.2, 0.25) is 0 Å². The predicted molar refractivity (Wildman–Crippen MR) is 88.4 cm³/mol. The molecule has 9 nitrogen and oxygen atoms in total. The highest BCUT2D eigenvalue weighted by atomic mass is 32.1. The van der Waals surface area contributed by atoms with E-state index < -0.39 is 10.8 Å². The number of nitrogens with zero attached hydrogens (tertiary/aromatic N) is 4. The van der Waals surface area contributed by atoms with Crippen LogP contribution in [0.3, 0.4) is 0 Å². The molecule has 1 amide bonds. The number of carbonyl (C=O) groups is 1. The summed E-state index contributed by atoms with van der Waals surface area (Å²) in [7, 11) is 0. The third-order valence-electron chi connectivity index (χ3n) is 3.20. The fraction of sp³-hybridized carbons (Fsp3) is 0.143. The number of benzene rings is 1. The molecule has 1 N–H and O–H groups in total. The molecule has 2 aromatic heterocycles. The van der Waals surface area contributed by atoms with E-state index in [1.54, 1.807) is 6.92 Å². The van der Waals surface area contributed by atoms with Crippen molar-refractivity contribution >= 4 is 38.3 Å². The molecule has 0 aliphatic heterocycles. The average Bonchev–Trinajstić information content (AvgIpc) is 2.96. The molecular weight excluding hydrogens is 334 g/mol. The van der Waals surface area contributed by atoms with E-state index >= 15 is 0 Å². The molecule has 0 spiro atoms. The molecule has 10 heteroatoms. The molecule has 3 rings (SSSR count). The number of anilines is 1. The summed E-state index contributed by atoms with van der Waals surface area (Å²) in [6.07, 6.45) is 0. The van der Waals surface area contributed by atoms with Crippen molar-refractivity contribution in [2.75, 3.05) is 5.32 Å². The Morgan fingerprint density at radius 1 is 1.38 bits per heavy atom. The van der Waals surface area contributed by atoms with E-state index in [-0.39, 0.29) is 16.9 Å². The van der Waals surface area contributed by atoms with Gasteiger partial charge < -0.3 is 0 Å². The molecule has 3 aromatic rings. The van der Waals surface area contributed by atoms with E-state index in [1.165, 1.54) is 35.0 Å². The van der Waals surface area contributed by atoms with Crippen molar-refractivity contribution in [3.63, 3.8) is 0 Å². The first kappa shape index (κ1) is 15.7. The number of non-ortho nitro benzene ring substituents is 1. The van der Waals surface area contributed by atoms with Gasteiger partial charge in [-0.3, -0.25) is 25.0 Å². The van der Waals surface area contributed by atoms with Crippen molar-refractivity contribution in [1.29, 1.82) is 0 Å². The molecule has 1 aromatic carbocycles. The number of carbonyl (C=O) groups excluding carboxylic acids is 1. The highest BCUT2D eigenvalue weighted by molar-refractivity contribution is 7.22. The highest BCUT2D eigenvalue weighted by Gasteiger charge is 2.14. The van der Waals surface area contributed by atoms with Crippen LogP contribution in [0.1, 0.15) is 17.4 Å². The Bertz CT molecular complexity index is 1010. The normalized spacial score (nSPS) is 10.7. The third-order valence-corrected chi connectivity index (χ3v) is 4.14. The molecule has 2 heterocycles. The van der Waals surface area contributed by atoms with Crippen LogP contribution in [0.15, 0.2) is 35.1 Å². The first-order valence-electron chi connectivity index (χ1n) is 6.92. The summed E-state index contributed by atoms with van der Waals surface area (Å²) >= 11 is 1.12. The van der Waals surface area contributed by atoms with Crippen molar-refractivity contribution < 1.29 is 9.72 Å². The van der Waals surface area contributed by atoms with Crippen molar-refractivity contribution in [3.8, 4) is 0 Å². The molecule has 122 valence electrons. The smallest absolute Gasteiger partial charge is 0.277 e.